The molecule has 0 radical (unpaired) electrons. The van der Waals surface area contributed by atoms with Crippen molar-refractivity contribution < 1.29 is 9.90 Å². The molecular weight excluding hydrogens is 316 g/mol. The number of hydrogen-bond acceptors (Lipinski definition) is 5. The molecule has 1 aliphatic heterocycles. The molecular formula is C16H20N2O2S2. The molecule has 1 aromatic carbocycles. The lowest BCUT2D eigenvalue weighted by atomic mass is 10.0. The van der Waals surface area contributed by atoms with Crippen molar-refractivity contribution in [3.63, 3.8) is 0 Å². The quantitative estimate of drug-likeness (QED) is 0.872. The lowest BCUT2D eigenvalue weighted by Crippen LogP contribution is -2.35. The SMILES string of the molecule is CC(Sc1nc2ccccc2s1)C(=O)N1CCC(C(C)O)C1. The van der Waals surface area contributed by atoms with Gasteiger partial charge in [-0.05, 0) is 32.4 Å². The van der Waals surface area contributed by atoms with Crippen molar-refractivity contribution in [3.05, 3.63) is 24.3 Å². The highest BCUT2D eigenvalue weighted by Crippen LogP contribution is 2.33. The molecule has 3 unspecified atom stereocenters. The number of carbonyl (C=O) groups is 1. The summed E-state index contributed by atoms with van der Waals surface area (Å²) in [5.41, 5.74) is 0.991. The van der Waals surface area contributed by atoms with E-state index in [0.29, 0.717) is 6.54 Å². The lowest BCUT2D eigenvalue weighted by Gasteiger charge is -2.20. The smallest absolute Gasteiger partial charge is 0.235 e. The van der Waals surface area contributed by atoms with Crippen molar-refractivity contribution in [2.75, 3.05) is 13.1 Å². The van der Waals surface area contributed by atoms with Gasteiger partial charge in [0.1, 0.15) is 0 Å². The van der Waals surface area contributed by atoms with Gasteiger partial charge in [0.15, 0.2) is 4.34 Å². The molecule has 2 aromatic rings. The molecule has 1 aliphatic rings. The van der Waals surface area contributed by atoms with Crippen LogP contribution in [0.4, 0.5) is 0 Å². The fourth-order valence-electron chi connectivity index (χ4n) is 2.74. The highest BCUT2D eigenvalue weighted by molar-refractivity contribution is 8.02. The monoisotopic (exact) mass is 336 g/mol. The van der Waals surface area contributed by atoms with Crippen LogP contribution in [0.1, 0.15) is 20.3 Å². The molecule has 22 heavy (non-hydrogen) atoms. The summed E-state index contributed by atoms with van der Waals surface area (Å²) in [4.78, 5) is 19.0. The van der Waals surface area contributed by atoms with Crippen molar-refractivity contribution in [1.82, 2.24) is 9.88 Å². The van der Waals surface area contributed by atoms with Crippen molar-refractivity contribution in [1.29, 1.82) is 0 Å². The zero-order valence-electron chi connectivity index (χ0n) is 12.7. The maximum Gasteiger partial charge on any atom is 0.235 e. The highest BCUT2D eigenvalue weighted by atomic mass is 32.2. The number of thiazole rings is 1. The van der Waals surface area contributed by atoms with E-state index in [4.69, 9.17) is 0 Å². The predicted octanol–water partition coefficient (Wildman–Crippen LogP) is 3.01. The Bertz CT molecular complexity index is 638. The topological polar surface area (TPSA) is 53.4 Å². The number of aliphatic hydroxyl groups excluding tert-OH is 1. The van der Waals surface area contributed by atoms with E-state index < -0.39 is 0 Å². The number of fused-ring (bicyclic) bond motifs is 1. The second kappa shape index (κ2) is 6.56. The fourth-order valence-corrected chi connectivity index (χ4v) is 5.04. The molecule has 1 aromatic heterocycles. The van der Waals surface area contributed by atoms with Crippen molar-refractivity contribution in [2.24, 2.45) is 5.92 Å². The molecule has 0 saturated carbocycles. The third-order valence-corrected chi connectivity index (χ3v) is 6.34. The highest BCUT2D eigenvalue weighted by Gasteiger charge is 2.31. The number of likely N-dealkylation sites (tertiary alicyclic amines) is 1. The Hall–Kier alpha value is -1.11. The predicted molar refractivity (Wildman–Crippen MR) is 91.3 cm³/mol. The molecule has 0 bridgehead atoms. The summed E-state index contributed by atoms with van der Waals surface area (Å²) in [6.45, 7) is 5.16. The Balaban J connectivity index is 1.64. The standard InChI is InChI=1S/C16H20N2O2S2/c1-10(19)12-7-8-18(9-12)15(20)11(2)21-16-17-13-5-3-4-6-14(13)22-16/h3-6,10-12,19H,7-9H2,1-2H3. The van der Waals surface area contributed by atoms with E-state index in [2.05, 4.69) is 11.1 Å². The van der Waals surface area contributed by atoms with E-state index >= 15 is 0 Å². The molecule has 3 rings (SSSR count). The normalized spacial score (nSPS) is 21.2. The van der Waals surface area contributed by atoms with Gasteiger partial charge in [0.2, 0.25) is 5.91 Å². The van der Waals surface area contributed by atoms with Gasteiger partial charge in [-0.25, -0.2) is 4.98 Å². The number of amides is 1. The van der Waals surface area contributed by atoms with Crippen LogP contribution < -0.4 is 0 Å². The molecule has 1 N–H and O–H groups in total. The van der Waals surface area contributed by atoms with E-state index in [-0.39, 0.29) is 23.2 Å². The molecule has 1 fully saturated rings. The second-order valence-corrected chi connectivity index (χ2v) is 8.40. The maximum atomic E-state index is 12.5. The van der Waals surface area contributed by atoms with Gasteiger partial charge in [0.05, 0.1) is 21.6 Å². The van der Waals surface area contributed by atoms with E-state index in [1.807, 2.05) is 30.0 Å². The van der Waals surface area contributed by atoms with Crippen LogP contribution in [0.2, 0.25) is 0 Å². The van der Waals surface area contributed by atoms with Gasteiger partial charge in [-0.15, -0.1) is 11.3 Å². The number of aromatic nitrogens is 1. The van der Waals surface area contributed by atoms with Crippen LogP contribution in [0.15, 0.2) is 28.6 Å². The number of thioether (sulfide) groups is 1. The first-order chi connectivity index (χ1) is 10.5. The first-order valence-corrected chi connectivity index (χ1v) is 9.23. The Morgan fingerprint density at radius 2 is 2.23 bits per heavy atom. The van der Waals surface area contributed by atoms with E-state index in [1.165, 1.54) is 11.8 Å². The summed E-state index contributed by atoms with van der Waals surface area (Å²) < 4.78 is 2.09. The zero-order valence-corrected chi connectivity index (χ0v) is 14.4. The molecule has 0 aliphatic carbocycles. The zero-order chi connectivity index (χ0) is 15.7. The Morgan fingerprint density at radius 3 is 2.91 bits per heavy atom. The third kappa shape index (κ3) is 3.29. The molecule has 2 heterocycles. The average Bonchev–Trinajstić information content (AvgIpc) is 3.12. The van der Waals surface area contributed by atoms with Gasteiger partial charge >= 0.3 is 0 Å². The second-order valence-electron chi connectivity index (χ2n) is 5.78. The van der Waals surface area contributed by atoms with Gasteiger partial charge in [0, 0.05) is 19.0 Å². The number of para-hydroxylation sites is 1. The molecule has 3 atom stereocenters. The number of carbonyl (C=O) groups excluding carboxylic acids is 1. The fraction of sp³-hybridized carbons (Fsp3) is 0.500. The van der Waals surface area contributed by atoms with Crippen LogP contribution >= 0.6 is 23.1 Å². The number of aliphatic hydroxyl groups is 1. The van der Waals surface area contributed by atoms with Crippen LogP contribution in [-0.4, -0.2) is 45.3 Å². The molecule has 0 spiro atoms. The summed E-state index contributed by atoms with van der Waals surface area (Å²) in [5, 5.41) is 9.51. The number of nitrogens with zero attached hydrogens (tertiary/aromatic N) is 2. The lowest BCUT2D eigenvalue weighted by molar-refractivity contribution is -0.129. The van der Waals surface area contributed by atoms with Gasteiger partial charge < -0.3 is 10.0 Å². The van der Waals surface area contributed by atoms with Crippen LogP contribution in [-0.2, 0) is 4.79 Å². The minimum atomic E-state index is -0.343. The van der Waals surface area contributed by atoms with Crippen LogP contribution in [0.5, 0.6) is 0 Å². The van der Waals surface area contributed by atoms with Gasteiger partial charge in [-0.1, -0.05) is 23.9 Å². The first-order valence-electron chi connectivity index (χ1n) is 7.53. The van der Waals surface area contributed by atoms with Crippen molar-refractivity contribution >= 4 is 39.2 Å². The summed E-state index contributed by atoms with van der Waals surface area (Å²) in [7, 11) is 0. The van der Waals surface area contributed by atoms with E-state index in [1.54, 1.807) is 18.3 Å². The first kappa shape index (κ1) is 15.8. The van der Waals surface area contributed by atoms with Gasteiger partial charge in [0.25, 0.3) is 0 Å². The largest absolute Gasteiger partial charge is 0.393 e. The minimum absolute atomic E-state index is 0.145. The van der Waals surface area contributed by atoms with Crippen molar-refractivity contribution in [2.45, 2.75) is 36.0 Å². The van der Waals surface area contributed by atoms with Crippen LogP contribution in [0.25, 0.3) is 10.2 Å². The molecule has 118 valence electrons. The summed E-state index contributed by atoms with van der Waals surface area (Å²) in [5.74, 6) is 0.357. The Labute approximate surface area is 138 Å². The number of rotatable bonds is 4. The van der Waals surface area contributed by atoms with Crippen LogP contribution in [0, 0.1) is 5.92 Å². The summed E-state index contributed by atoms with van der Waals surface area (Å²) >= 11 is 3.16. The number of benzene rings is 1. The molecule has 4 nitrogen and oxygen atoms in total. The number of hydrogen-bond donors (Lipinski definition) is 1. The Kier molecular flexibility index (Phi) is 4.70. The molecule has 6 heteroatoms. The third-order valence-electron chi connectivity index (χ3n) is 4.12. The van der Waals surface area contributed by atoms with E-state index in [0.717, 1.165) is 27.5 Å². The van der Waals surface area contributed by atoms with Crippen molar-refractivity contribution in [3.8, 4) is 0 Å². The molecule has 1 saturated heterocycles. The molecule has 1 amide bonds. The van der Waals surface area contributed by atoms with Gasteiger partial charge in [-0.3, -0.25) is 4.79 Å². The van der Waals surface area contributed by atoms with Crippen LogP contribution in [0.3, 0.4) is 0 Å². The summed E-state index contributed by atoms with van der Waals surface area (Å²) in [6, 6.07) is 8.03. The van der Waals surface area contributed by atoms with Gasteiger partial charge in [-0.2, -0.15) is 0 Å². The maximum absolute atomic E-state index is 12.5. The minimum Gasteiger partial charge on any atom is -0.393 e. The Morgan fingerprint density at radius 1 is 1.45 bits per heavy atom. The average molecular weight is 336 g/mol. The summed E-state index contributed by atoms with van der Waals surface area (Å²) in [6.07, 6.45) is 0.548. The van der Waals surface area contributed by atoms with E-state index in [9.17, 15) is 9.90 Å².